The zero-order valence-corrected chi connectivity index (χ0v) is 18.5. The smallest absolute Gasteiger partial charge is 0.244 e. The molecular formula is C21H27N3O3S2. The van der Waals surface area contributed by atoms with E-state index >= 15 is 0 Å². The van der Waals surface area contributed by atoms with E-state index < -0.39 is 10.0 Å². The van der Waals surface area contributed by atoms with Gasteiger partial charge >= 0.3 is 0 Å². The number of carbonyl (C=O) groups excluding carboxylic acids is 1. The number of aromatic nitrogens is 1. The topological polar surface area (TPSA) is 70.6 Å². The number of hydrogen-bond acceptors (Lipinski definition) is 5. The van der Waals surface area contributed by atoms with Crippen LogP contribution in [0.15, 0.2) is 58.6 Å². The molecule has 8 heteroatoms. The zero-order chi connectivity index (χ0) is 20.9. The van der Waals surface area contributed by atoms with Gasteiger partial charge in [-0.25, -0.2) is 17.7 Å². The molecule has 1 aliphatic carbocycles. The number of sulfonamides is 1. The summed E-state index contributed by atoms with van der Waals surface area (Å²) in [5.74, 6) is 0.318. The average Bonchev–Trinajstić information content (AvgIpc) is 2.74. The van der Waals surface area contributed by atoms with Crippen LogP contribution in [0.4, 0.5) is 5.69 Å². The lowest BCUT2D eigenvalue weighted by Crippen LogP contribution is -2.42. The molecule has 1 amide bonds. The van der Waals surface area contributed by atoms with E-state index in [1.807, 2.05) is 35.2 Å². The van der Waals surface area contributed by atoms with Crippen molar-refractivity contribution < 1.29 is 13.2 Å². The number of anilines is 1. The van der Waals surface area contributed by atoms with Gasteiger partial charge in [-0.2, -0.15) is 0 Å². The van der Waals surface area contributed by atoms with Gasteiger partial charge in [0.15, 0.2) is 0 Å². The molecule has 2 aromatic rings. The molecule has 0 N–H and O–H groups in total. The minimum atomic E-state index is -3.50. The molecule has 1 aliphatic rings. The van der Waals surface area contributed by atoms with E-state index in [-0.39, 0.29) is 22.6 Å². The molecular weight excluding hydrogens is 406 g/mol. The lowest BCUT2D eigenvalue weighted by atomic mass is 9.93. The van der Waals surface area contributed by atoms with Crippen molar-refractivity contribution in [3.63, 3.8) is 0 Å². The van der Waals surface area contributed by atoms with Crippen LogP contribution in [0.3, 0.4) is 0 Å². The molecule has 0 spiro atoms. The normalized spacial score (nSPS) is 15.4. The standard InChI is InChI=1S/C21H27N3O3S2/c1-23(2)29(26,27)19-13-14-20(22-15-19)28-16-21(25)24(17-9-5-3-6-10-17)18-11-7-4-8-12-18/h3,5-6,9-10,13-15,18H,4,7-8,11-12,16H2,1-2H3. The molecule has 1 aromatic heterocycles. The molecule has 0 unspecified atom stereocenters. The van der Waals surface area contributed by atoms with E-state index in [0.29, 0.717) is 5.03 Å². The first-order chi connectivity index (χ1) is 13.9. The van der Waals surface area contributed by atoms with Crippen LogP contribution in [0.25, 0.3) is 0 Å². The van der Waals surface area contributed by atoms with Crippen LogP contribution in [0.2, 0.25) is 0 Å². The average molecular weight is 434 g/mol. The van der Waals surface area contributed by atoms with E-state index in [0.717, 1.165) is 35.7 Å². The molecule has 1 saturated carbocycles. The van der Waals surface area contributed by atoms with Gasteiger partial charge in [0.1, 0.15) is 4.90 Å². The van der Waals surface area contributed by atoms with Gasteiger partial charge in [-0.15, -0.1) is 0 Å². The molecule has 1 fully saturated rings. The molecule has 1 heterocycles. The van der Waals surface area contributed by atoms with Crippen LogP contribution in [0, 0.1) is 0 Å². The Morgan fingerprint density at radius 2 is 1.76 bits per heavy atom. The molecule has 0 aliphatic heterocycles. The van der Waals surface area contributed by atoms with Crippen LogP contribution < -0.4 is 4.90 Å². The number of rotatable bonds is 7. The number of amides is 1. The molecule has 6 nitrogen and oxygen atoms in total. The van der Waals surface area contributed by atoms with Gasteiger partial charge < -0.3 is 4.90 Å². The first kappa shape index (κ1) is 21.8. The number of benzene rings is 1. The Balaban J connectivity index is 1.70. The van der Waals surface area contributed by atoms with Gasteiger partial charge in [-0.05, 0) is 37.1 Å². The second-order valence-electron chi connectivity index (χ2n) is 7.30. The Labute approximate surface area is 177 Å². The first-order valence-corrected chi connectivity index (χ1v) is 12.2. The summed E-state index contributed by atoms with van der Waals surface area (Å²) in [6, 6.07) is 13.3. The summed E-state index contributed by atoms with van der Waals surface area (Å²) in [7, 11) is -0.530. The third kappa shape index (κ3) is 5.38. The molecule has 0 saturated heterocycles. The van der Waals surface area contributed by atoms with Crippen molar-refractivity contribution in [2.75, 3.05) is 24.7 Å². The summed E-state index contributed by atoms with van der Waals surface area (Å²) in [4.78, 5) is 19.4. The van der Waals surface area contributed by atoms with E-state index in [9.17, 15) is 13.2 Å². The SMILES string of the molecule is CN(C)S(=O)(=O)c1ccc(SCC(=O)N(c2ccccc2)C2CCCCC2)nc1. The first-order valence-electron chi connectivity index (χ1n) is 9.78. The summed E-state index contributed by atoms with van der Waals surface area (Å²) in [6.07, 6.45) is 6.93. The Bertz CT molecular complexity index is 910. The number of pyridine rings is 1. The van der Waals surface area contributed by atoms with Crippen LogP contribution in [-0.4, -0.2) is 49.5 Å². The van der Waals surface area contributed by atoms with E-state index in [1.165, 1.54) is 44.5 Å². The van der Waals surface area contributed by atoms with Crippen molar-refractivity contribution in [2.45, 2.75) is 48.1 Å². The Morgan fingerprint density at radius 1 is 1.07 bits per heavy atom. The lowest BCUT2D eigenvalue weighted by Gasteiger charge is -2.34. The maximum atomic E-state index is 13.1. The predicted molar refractivity (Wildman–Crippen MR) is 117 cm³/mol. The number of thioether (sulfide) groups is 1. The van der Waals surface area contributed by atoms with Crippen molar-refractivity contribution in [3.05, 3.63) is 48.7 Å². The maximum absolute atomic E-state index is 13.1. The van der Waals surface area contributed by atoms with Crippen molar-refractivity contribution in [1.29, 1.82) is 0 Å². The largest absolute Gasteiger partial charge is 0.309 e. The number of para-hydroxylation sites is 1. The highest BCUT2D eigenvalue weighted by Gasteiger charge is 2.27. The second kappa shape index (κ2) is 9.73. The fourth-order valence-electron chi connectivity index (χ4n) is 3.51. The van der Waals surface area contributed by atoms with Crippen LogP contribution in [0.1, 0.15) is 32.1 Å². The minimum absolute atomic E-state index is 0.0555. The predicted octanol–water partition coefficient (Wildman–Crippen LogP) is 3.79. The van der Waals surface area contributed by atoms with E-state index in [4.69, 9.17) is 0 Å². The molecule has 0 atom stereocenters. The third-order valence-electron chi connectivity index (χ3n) is 5.07. The summed E-state index contributed by atoms with van der Waals surface area (Å²) >= 11 is 1.33. The van der Waals surface area contributed by atoms with Crippen LogP contribution in [0.5, 0.6) is 0 Å². The maximum Gasteiger partial charge on any atom is 0.244 e. The minimum Gasteiger partial charge on any atom is -0.309 e. The van der Waals surface area contributed by atoms with E-state index in [2.05, 4.69) is 4.98 Å². The molecule has 1 aromatic carbocycles. The number of carbonyl (C=O) groups is 1. The van der Waals surface area contributed by atoms with Gasteiger partial charge in [-0.1, -0.05) is 49.2 Å². The fraction of sp³-hybridized carbons (Fsp3) is 0.429. The summed E-state index contributed by atoms with van der Waals surface area (Å²) < 4.78 is 25.5. The molecule has 156 valence electrons. The van der Waals surface area contributed by atoms with Crippen LogP contribution >= 0.6 is 11.8 Å². The fourth-order valence-corrected chi connectivity index (χ4v) is 5.06. The lowest BCUT2D eigenvalue weighted by molar-refractivity contribution is -0.116. The van der Waals surface area contributed by atoms with Crippen molar-refractivity contribution in [2.24, 2.45) is 0 Å². The molecule has 0 bridgehead atoms. The van der Waals surface area contributed by atoms with Crippen LogP contribution in [-0.2, 0) is 14.8 Å². The molecule has 3 rings (SSSR count). The van der Waals surface area contributed by atoms with Crippen molar-refractivity contribution in [3.8, 4) is 0 Å². The Hall–Kier alpha value is -1.90. The van der Waals surface area contributed by atoms with Gasteiger partial charge in [-0.3, -0.25) is 4.79 Å². The molecule has 0 radical (unpaired) electrons. The van der Waals surface area contributed by atoms with E-state index in [1.54, 1.807) is 6.07 Å². The Kier molecular flexibility index (Phi) is 7.32. The highest BCUT2D eigenvalue weighted by molar-refractivity contribution is 7.99. The summed E-state index contributed by atoms with van der Waals surface area (Å²) in [5, 5.41) is 0.632. The molecule has 29 heavy (non-hydrogen) atoms. The highest BCUT2D eigenvalue weighted by atomic mass is 32.2. The second-order valence-corrected chi connectivity index (χ2v) is 10.4. The number of nitrogens with zero attached hydrogens (tertiary/aromatic N) is 3. The van der Waals surface area contributed by atoms with Crippen molar-refractivity contribution >= 4 is 33.4 Å². The van der Waals surface area contributed by atoms with Crippen molar-refractivity contribution in [1.82, 2.24) is 9.29 Å². The quantitative estimate of drug-likeness (QED) is 0.622. The number of hydrogen-bond donors (Lipinski definition) is 0. The Morgan fingerprint density at radius 3 is 2.34 bits per heavy atom. The zero-order valence-electron chi connectivity index (χ0n) is 16.8. The van der Waals surface area contributed by atoms with Gasteiger partial charge in [0, 0.05) is 32.0 Å². The summed E-state index contributed by atoms with van der Waals surface area (Å²) in [6.45, 7) is 0. The van der Waals surface area contributed by atoms with Gasteiger partial charge in [0.25, 0.3) is 0 Å². The van der Waals surface area contributed by atoms with Gasteiger partial charge in [0.2, 0.25) is 15.9 Å². The summed E-state index contributed by atoms with van der Waals surface area (Å²) in [5.41, 5.74) is 0.936. The van der Waals surface area contributed by atoms with Gasteiger partial charge in [0.05, 0.1) is 10.8 Å². The highest BCUT2D eigenvalue weighted by Crippen LogP contribution is 2.29. The monoisotopic (exact) mass is 433 g/mol. The third-order valence-corrected chi connectivity index (χ3v) is 7.80.